The van der Waals surface area contributed by atoms with E-state index in [2.05, 4.69) is 25.0 Å². The van der Waals surface area contributed by atoms with Gasteiger partial charge in [-0.25, -0.2) is 0 Å². The molecule has 0 N–H and O–H groups in total. The highest BCUT2D eigenvalue weighted by Gasteiger charge is 2.07. The molecule has 0 aliphatic carbocycles. The van der Waals surface area contributed by atoms with Gasteiger partial charge in [-0.2, -0.15) is 0 Å². The SMILES string of the molecule is C[SH](C)(C)(C)[SiH3]. The van der Waals surface area contributed by atoms with E-state index < -0.39 is 8.61 Å². The maximum Gasteiger partial charge on any atom is 0.0339 e. The second-order valence-corrected chi connectivity index (χ2v) is 24.1. The zero-order valence-electron chi connectivity index (χ0n) is 5.45. The van der Waals surface area contributed by atoms with E-state index in [4.69, 9.17) is 0 Å². The van der Waals surface area contributed by atoms with E-state index in [1.54, 1.807) is 0 Å². The average molecular weight is 124 g/mol. The fraction of sp³-hybridized carbons (Fsp3) is 1.00. The Morgan fingerprint density at radius 3 is 1.00 bits per heavy atom. The summed E-state index contributed by atoms with van der Waals surface area (Å²) in [4.78, 5) is 0. The lowest BCUT2D eigenvalue weighted by molar-refractivity contribution is 2.00. The summed E-state index contributed by atoms with van der Waals surface area (Å²) in [5, 5.41) is 0. The fourth-order valence-electron chi connectivity index (χ4n) is 0. The smallest absolute Gasteiger partial charge is 0.0339 e. The predicted molar refractivity (Wildman–Crippen MR) is 42.6 cm³/mol. The van der Waals surface area contributed by atoms with Crippen LogP contribution in [-0.2, 0) is 0 Å². The highest BCUT2D eigenvalue weighted by molar-refractivity contribution is 8.62. The van der Waals surface area contributed by atoms with Gasteiger partial charge in [0, 0.05) is 9.39 Å². The van der Waals surface area contributed by atoms with Crippen LogP contribution >= 0.6 is 8.61 Å². The van der Waals surface area contributed by atoms with Crippen molar-refractivity contribution >= 4 is 18.0 Å². The molecule has 0 aromatic rings. The lowest BCUT2D eigenvalue weighted by Gasteiger charge is -2.41. The molecule has 0 nitrogen and oxygen atoms in total. The van der Waals surface area contributed by atoms with Crippen LogP contribution in [0.3, 0.4) is 0 Å². The van der Waals surface area contributed by atoms with Crippen molar-refractivity contribution in [3.8, 4) is 0 Å². The number of rotatable bonds is 0. The van der Waals surface area contributed by atoms with E-state index in [0.717, 1.165) is 0 Å². The normalized spacial score (nSPS) is 19.7. The van der Waals surface area contributed by atoms with Gasteiger partial charge < -0.3 is 8.61 Å². The molecule has 0 saturated carbocycles. The molecule has 42 valence electrons. The second kappa shape index (κ2) is 1.04. The molecule has 0 aliphatic heterocycles. The van der Waals surface area contributed by atoms with E-state index in [1.807, 2.05) is 0 Å². The Morgan fingerprint density at radius 2 is 1.00 bits per heavy atom. The van der Waals surface area contributed by atoms with Gasteiger partial charge >= 0.3 is 0 Å². The highest BCUT2D eigenvalue weighted by atomic mass is 32.5. The van der Waals surface area contributed by atoms with Crippen LogP contribution < -0.4 is 0 Å². The van der Waals surface area contributed by atoms with Crippen molar-refractivity contribution in [1.29, 1.82) is 0 Å². The average Bonchev–Trinajstić information content (AvgIpc) is 0.650. The molecule has 0 aliphatic rings. The quantitative estimate of drug-likeness (QED) is 0.337. The van der Waals surface area contributed by atoms with Crippen LogP contribution in [0.1, 0.15) is 0 Å². The molecule has 2 heteroatoms. The maximum absolute atomic E-state index is 2.40. The molecule has 6 heavy (non-hydrogen) atoms. The van der Waals surface area contributed by atoms with Gasteiger partial charge in [-0.15, -0.1) is 0 Å². The zero-order valence-corrected chi connectivity index (χ0v) is 8.34. The van der Waals surface area contributed by atoms with Crippen molar-refractivity contribution in [3.05, 3.63) is 0 Å². The zero-order chi connectivity index (χ0) is 5.45. The van der Waals surface area contributed by atoms with Crippen LogP contribution in [0.2, 0.25) is 0 Å². The molecule has 0 amide bonds. The molecule has 0 aromatic heterocycles. The Hall–Kier alpha value is 0.567. The summed E-state index contributed by atoms with van der Waals surface area (Å²) >= 11 is 0. The van der Waals surface area contributed by atoms with E-state index >= 15 is 0 Å². The summed E-state index contributed by atoms with van der Waals surface area (Å²) in [6, 6.07) is 0. The molecule has 0 spiro atoms. The monoisotopic (exact) mass is 124 g/mol. The van der Waals surface area contributed by atoms with E-state index in [-0.39, 0.29) is 0 Å². The van der Waals surface area contributed by atoms with Gasteiger partial charge in [0.25, 0.3) is 0 Å². The standard InChI is InChI=1S/C4H16SSi/c1-5(2,3,4)6/h5H,1-4,6H3. The molecular weight excluding hydrogens is 108 g/mol. The first-order chi connectivity index (χ1) is 2.24. The molecule has 0 radical (unpaired) electrons. The molecule has 0 bridgehead atoms. The minimum atomic E-state index is -0.911. The molecule has 0 aromatic carbocycles. The molecule has 0 rings (SSSR count). The van der Waals surface area contributed by atoms with Gasteiger partial charge in [-0.1, -0.05) is 25.0 Å². The van der Waals surface area contributed by atoms with Crippen LogP contribution in [0.4, 0.5) is 0 Å². The Morgan fingerprint density at radius 1 is 1.00 bits per heavy atom. The fourth-order valence-corrected chi connectivity index (χ4v) is 0. The third-order valence-electron chi connectivity index (χ3n) is 0. The summed E-state index contributed by atoms with van der Waals surface area (Å²) in [7, 11) is 0.486. The third-order valence-corrected chi connectivity index (χ3v) is 0. The molecule has 0 fully saturated rings. The Labute approximate surface area is 43.7 Å². The first-order valence-corrected chi connectivity index (χ1v) is 9.39. The molecular formula is C4H16SSi. The van der Waals surface area contributed by atoms with Crippen LogP contribution in [-0.4, -0.2) is 34.4 Å². The van der Waals surface area contributed by atoms with Crippen LogP contribution in [0, 0.1) is 0 Å². The van der Waals surface area contributed by atoms with Crippen molar-refractivity contribution in [2.24, 2.45) is 0 Å². The largest absolute Gasteiger partial charge is 0.305 e. The topological polar surface area (TPSA) is 0 Å². The maximum atomic E-state index is 2.40. The van der Waals surface area contributed by atoms with E-state index in [1.165, 1.54) is 9.39 Å². The van der Waals surface area contributed by atoms with Crippen LogP contribution in [0.15, 0.2) is 0 Å². The van der Waals surface area contributed by atoms with Gasteiger partial charge in [-0.3, -0.25) is 0 Å². The van der Waals surface area contributed by atoms with Gasteiger partial charge in [0.1, 0.15) is 0 Å². The van der Waals surface area contributed by atoms with E-state index in [0.29, 0.717) is 0 Å². The Bertz CT molecular complexity index is 40.7. The van der Waals surface area contributed by atoms with Crippen LogP contribution in [0.5, 0.6) is 0 Å². The van der Waals surface area contributed by atoms with Crippen molar-refractivity contribution in [1.82, 2.24) is 0 Å². The summed E-state index contributed by atoms with van der Waals surface area (Å²) < 4.78 is 0. The van der Waals surface area contributed by atoms with E-state index in [9.17, 15) is 0 Å². The first-order valence-electron chi connectivity index (χ1n) is 2.24. The number of thiol groups is 1. The van der Waals surface area contributed by atoms with Crippen molar-refractivity contribution < 1.29 is 0 Å². The second-order valence-electron chi connectivity index (χ2n) is 4.47. The summed E-state index contributed by atoms with van der Waals surface area (Å²) in [5.74, 6) is 0. The number of hydrogen-bond acceptors (Lipinski definition) is 0. The summed E-state index contributed by atoms with van der Waals surface area (Å²) in [5.41, 5.74) is 0. The Balaban J connectivity index is 3.73. The number of hydrogen-bond donors (Lipinski definition) is 1. The summed E-state index contributed by atoms with van der Waals surface area (Å²) in [6.07, 6.45) is 9.60. The van der Waals surface area contributed by atoms with Crippen molar-refractivity contribution in [3.63, 3.8) is 0 Å². The molecule has 0 heterocycles. The van der Waals surface area contributed by atoms with Crippen molar-refractivity contribution in [2.75, 3.05) is 25.0 Å². The highest BCUT2D eigenvalue weighted by Crippen LogP contribution is 2.49. The minimum absolute atomic E-state index is 0.911. The van der Waals surface area contributed by atoms with Gasteiger partial charge in [0.15, 0.2) is 0 Å². The first kappa shape index (κ1) is 6.57. The lowest BCUT2D eigenvalue weighted by Crippen LogP contribution is -2.07. The Kier molecular flexibility index (Phi) is 1.14. The van der Waals surface area contributed by atoms with Gasteiger partial charge in [0.2, 0.25) is 0 Å². The minimum Gasteiger partial charge on any atom is -0.305 e. The molecule has 0 saturated heterocycles. The summed E-state index contributed by atoms with van der Waals surface area (Å²) in [6.45, 7) is 0. The predicted octanol–water partition coefficient (Wildman–Crippen LogP) is -0.141. The lowest BCUT2D eigenvalue weighted by atomic mass is 11.8. The third kappa shape index (κ3) is 181. The molecule has 0 unspecified atom stereocenters. The van der Waals surface area contributed by atoms with Gasteiger partial charge in [0.05, 0.1) is 0 Å². The van der Waals surface area contributed by atoms with Crippen LogP contribution in [0.25, 0.3) is 0 Å². The van der Waals surface area contributed by atoms with Gasteiger partial charge in [-0.05, 0) is 0 Å². The molecule has 0 atom stereocenters. The van der Waals surface area contributed by atoms with Crippen molar-refractivity contribution in [2.45, 2.75) is 0 Å².